The van der Waals surface area contributed by atoms with E-state index >= 15 is 0 Å². The standard InChI is InChI=1S/C17H20N2O2/c1-19(9-12-7-10-2-3-11(12)6-10)13-4-5-14-15(8-13)18-17(21)16(14)20/h4-5,8,10-12H,2-3,6-7,9H2,1H3,(H,18,20,21). The highest BCUT2D eigenvalue weighted by Crippen LogP contribution is 2.48. The summed E-state index contributed by atoms with van der Waals surface area (Å²) in [7, 11) is 2.10. The molecule has 3 unspecified atom stereocenters. The van der Waals surface area contributed by atoms with Gasteiger partial charge in [0, 0.05) is 19.3 Å². The molecule has 2 aliphatic carbocycles. The number of hydrogen-bond donors (Lipinski definition) is 1. The minimum Gasteiger partial charge on any atom is -0.374 e. The molecule has 4 heteroatoms. The molecule has 1 heterocycles. The van der Waals surface area contributed by atoms with Crippen molar-refractivity contribution in [1.82, 2.24) is 0 Å². The molecule has 1 N–H and O–H groups in total. The van der Waals surface area contributed by atoms with Gasteiger partial charge in [0.05, 0.1) is 11.3 Å². The van der Waals surface area contributed by atoms with Crippen molar-refractivity contribution >= 4 is 23.1 Å². The molecule has 0 spiro atoms. The van der Waals surface area contributed by atoms with Crippen molar-refractivity contribution in [1.29, 1.82) is 0 Å². The lowest BCUT2D eigenvalue weighted by Crippen LogP contribution is -2.28. The highest BCUT2D eigenvalue weighted by molar-refractivity contribution is 6.51. The molecule has 4 nitrogen and oxygen atoms in total. The topological polar surface area (TPSA) is 49.4 Å². The first-order chi connectivity index (χ1) is 10.1. The van der Waals surface area contributed by atoms with Crippen LogP contribution < -0.4 is 10.2 Å². The van der Waals surface area contributed by atoms with Crippen LogP contribution in [-0.2, 0) is 4.79 Å². The first-order valence-electron chi connectivity index (χ1n) is 7.82. The third-order valence-electron chi connectivity index (χ3n) is 5.54. The van der Waals surface area contributed by atoms with E-state index in [0.717, 1.165) is 30.0 Å². The Balaban J connectivity index is 1.50. The van der Waals surface area contributed by atoms with Crippen LogP contribution in [0.4, 0.5) is 11.4 Å². The zero-order valence-electron chi connectivity index (χ0n) is 12.3. The molecule has 21 heavy (non-hydrogen) atoms. The monoisotopic (exact) mass is 284 g/mol. The van der Waals surface area contributed by atoms with Crippen LogP contribution >= 0.6 is 0 Å². The van der Waals surface area contributed by atoms with Gasteiger partial charge in [0.2, 0.25) is 0 Å². The molecule has 3 atom stereocenters. The first-order valence-corrected chi connectivity index (χ1v) is 7.82. The Morgan fingerprint density at radius 3 is 2.81 bits per heavy atom. The summed E-state index contributed by atoms with van der Waals surface area (Å²) in [4.78, 5) is 25.3. The lowest BCUT2D eigenvalue weighted by atomic mass is 9.88. The van der Waals surface area contributed by atoms with Crippen LogP contribution in [-0.4, -0.2) is 25.3 Å². The van der Waals surface area contributed by atoms with E-state index in [9.17, 15) is 9.59 Å². The van der Waals surface area contributed by atoms with Gasteiger partial charge in [0.15, 0.2) is 0 Å². The molecule has 3 aliphatic rings. The van der Waals surface area contributed by atoms with E-state index in [0.29, 0.717) is 11.3 Å². The van der Waals surface area contributed by atoms with Crippen LogP contribution in [0.15, 0.2) is 18.2 Å². The summed E-state index contributed by atoms with van der Waals surface area (Å²) in [5.41, 5.74) is 2.23. The third kappa shape index (κ3) is 2.04. The smallest absolute Gasteiger partial charge is 0.296 e. The van der Waals surface area contributed by atoms with E-state index in [4.69, 9.17) is 0 Å². The van der Waals surface area contributed by atoms with Gasteiger partial charge in [-0.2, -0.15) is 0 Å². The Labute approximate surface area is 124 Å². The second-order valence-corrected chi connectivity index (χ2v) is 6.83. The zero-order chi connectivity index (χ0) is 14.6. The molecule has 1 amide bonds. The zero-order valence-corrected chi connectivity index (χ0v) is 12.3. The molecule has 4 rings (SSSR count). The number of amides is 1. The predicted octanol–water partition coefficient (Wildman–Crippen LogP) is 2.69. The largest absolute Gasteiger partial charge is 0.374 e. The minimum absolute atomic E-state index is 0.424. The van der Waals surface area contributed by atoms with Crippen molar-refractivity contribution in [2.24, 2.45) is 17.8 Å². The number of carbonyl (C=O) groups excluding carboxylic acids is 2. The summed E-state index contributed by atoms with van der Waals surface area (Å²) in [6.07, 6.45) is 5.62. The molecule has 110 valence electrons. The fraction of sp³-hybridized carbons (Fsp3) is 0.529. The van der Waals surface area contributed by atoms with Crippen LogP contribution in [0.1, 0.15) is 36.0 Å². The van der Waals surface area contributed by atoms with Crippen LogP contribution in [0, 0.1) is 17.8 Å². The quantitative estimate of drug-likeness (QED) is 0.868. The van der Waals surface area contributed by atoms with E-state index in [-0.39, 0.29) is 0 Å². The number of rotatable bonds is 3. The van der Waals surface area contributed by atoms with Crippen molar-refractivity contribution in [2.45, 2.75) is 25.7 Å². The Bertz CT molecular complexity index is 625. The number of benzene rings is 1. The van der Waals surface area contributed by atoms with Gasteiger partial charge in [-0.3, -0.25) is 9.59 Å². The van der Waals surface area contributed by atoms with Crippen molar-refractivity contribution in [3.63, 3.8) is 0 Å². The number of anilines is 2. The number of ketones is 1. The maximum Gasteiger partial charge on any atom is 0.296 e. The van der Waals surface area contributed by atoms with E-state index in [1.54, 1.807) is 6.07 Å². The molecule has 1 aliphatic heterocycles. The van der Waals surface area contributed by atoms with Crippen molar-refractivity contribution in [3.8, 4) is 0 Å². The Morgan fingerprint density at radius 1 is 1.24 bits per heavy atom. The Hall–Kier alpha value is -1.84. The molecule has 2 bridgehead atoms. The molecule has 0 saturated heterocycles. The van der Waals surface area contributed by atoms with Crippen LogP contribution in [0.3, 0.4) is 0 Å². The number of Topliss-reactive ketones (excluding diaryl/α,β-unsaturated/α-hetero) is 1. The predicted molar refractivity (Wildman–Crippen MR) is 81.6 cm³/mol. The third-order valence-corrected chi connectivity index (χ3v) is 5.54. The van der Waals surface area contributed by atoms with Gasteiger partial charge < -0.3 is 10.2 Å². The molecular weight excluding hydrogens is 264 g/mol. The molecule has 1 aromatic rings. The number of carbonyl (C=O) groups is 2. The van der Waals surface area contributed by atoms with Crippen molar-refractivity contribution < 1.29 is 9.59 Å². The van der Waals surface area contributed by atoms with E-state index in [2.05, 4.69) is 17.3 Å². The summed E-state index contributed by atoms with van der Waals surface area (Å²) in [5, 5.41) is 2.65. The number of hydrogen-bond acceptors (Lipinski definition) is 3. The highest BCUT2D eigenvalue weighted by Gasteiger charge is 2.39. The minimum atomic E-state index is -0.516. The molecule has 2 saturated carbocycles. The fourth-order valence-electron chi connectivity index (χ4n) is 4.43. The molecular formula is C17H20N2O2. The van der Waals surface area contributed by atoms with E-state index in [1.165, 1.54) is 25.7 Å². The van der Waals surface area contributed by atoms with Crippen LogP contribution in [0.2, 0.25) is 0 Å². The molecule has 1 aromatic carbocycles. The van der Waals surface area contributed by atoms with Gasteiger partial charge in [-0.15, -0.1) is 0 Å². The number of nitrogens with one attached hydrogen (secondary N) is 1. The second kappa shape index (κ2) is 4.58. The highest BCUT2D eigenvalue weighted by atomic mass is 16.2. The Kier molecular flexibility index (Phi) is 2.81. The first kappa shape index (κ1) is 12.9. The van der Waals surface area contributed by atoms with Gasteiger partial charge in [-0.25, -0.2) is 0 Å². The van der Waals surface area contributed by atoms with Crippen molar-refractivity contribution in [3.05, 3.63) is 23.8 Å². The lowest BCUT2D eigenvalue weighted by Gasteiger charge is -2.28. The summed E-state index contributed by atoms with van der Waals surface area (Å²) < 4.78 is 0. The lowest BCUT2D eigenvalue weighted by molar-refractivity contribution is -0.112. The van der Waals surface area contributed by atoms with Gasteiger partial charge in [-0.1, -0.05) is 6.42 Å². The number of nitrogens with zero attached hydrogens (tertiary/aromatic N) is 1. The molecule has 0 aromatic heterocycles. The number of fused-ring (bicyclic) bond motifs is 3. The van der Waals surface area contributed by atoms with Gasteiger partial charge in [0.1, 0.15) is 0 Å². The average Bonchev–Trinajstić information content (AvgIpc) is 3.15. The average molecular weight is 284 g/mol. The van der Waals surface area contributed by atoms with E-state index in [1.807, 2.05) is 12.1 Å². The van der Waals surface area contributed by atoms with Crippen LogP contribution in [0.25, 0.3) is 0 Å². The summed E-state index contributed by atoms with van der Waals surface area (Å²) >= 11 is 0. The summed E-state index contributed by atoms with van der Waals surface area (Å²) in [5.74, 6) is 1.74. The normalized spacial score (nSPS) is 29.7. The van der Waals surface area contributed by atoms with Gasteiger partial charge in [0.25, 0.3) is 11.7 Å². The SMILES string of the molecule is CN(CC1CC2CCC1C2)c1ccc2c(c1)NC(=O)C2=O. The fourth-order valence-corrected chi connectivity index (χ4v) is 4.43. The maximum atomic E-state index is 11.6. The Morgan fingerprint density at radius 2 is 2.10 bits per heavy atom. The molecule has 2 fully saturated rings. The maximum absolute atomic E-state index is 11.6. The summed E-state index contributed by atoms with van der Waals surface area (Å²) in [6, 6.07) is 5.64. The van der Waals surface area contributed by atoms with Crippen LogP contribution in [0.5, 0.6) is 0 Å². The van der Waals surface area contributed by atoms with Gasteiger partial charge in [-0.05, 0) is 55.2 Å². The van der Waals surface area contributed by atoms with Gasteiger partial charge >= 0.3 is 0 Å². The van der Waals surface area contributed by atoms with Crippen molar-refractivity contribution in [2.75, 3.05) is 23.8 Å². The summed E-state index contributed by atoms with van der Waals surface area (Å²) in [6.45, 7) is 1.07. The second-order valence-electron chi connectivity index (χ2n) is 6.83. The molecule has 0 radical (unpaired) electrons. The van der Waals surface area contributed by atoms with E-state index < -0.39 is 11.7 Å².